The highest BCUT2D eigenvalue weighted by atomic mass is 16.3. The van der Waals surface area contributed by atoms with Crippen LogP contribution < -0.4 is 0 Å². The number of fused-ring (bicyclic) bond motifs is 2. The summed E-state index contributed by atoms with van der Waals surface area (Å²) in [4.78, 5) is 14.1. The van der Waals surface area contributed by atoms with Crippen LogP contribution >= 0.6 is 0 Å². The third-order valence-electron chi connectivity index (χ3n) is 4.27. The van der Waals surface area contributed by atoms with Gasteiger partial charge in [0.2, 0.25) is 5.91 Å². The summed E-state index contributed by atoms with van der Waals surface area (Å²) in [6.45, 7) is 5.05. The summed E-state index contributed by atoms with van der Waals surface area (Å²) < 4.78 is 5.67. The van der Waals surface area contributed by atoms with Gasteiger partial charge in [-0.3, -0.25) is 4.79 Å². The first-order valence-corrected chi connectivity index (χ1v) is 7.80. The molecule has 21 heavy (non-hydrogen) atoms. The molecule has 0 aliphatic heterocycles. The number of amides is 1. The predicted molar refractivity (Wildman–Crippen MR) is 84.4 cm³/mol. The van der Waals surface area contributed by atoms with Crippen molar-refractivity contribution in [1.82, 2.24) is 4.90 Å². The Labute approximate surface area is 125 Å². The van der Waals surface area contributed by atoms with Crippen molar-refractivity contribution < 1.29 is 9.21 Å². The monoisotopic (exact) mass is 285 g/mol. The van der Waals surface area contributed by atoms with Gasteiger partial charge < -0.3 is 9.32 Å². The lowest BCUT2D eigenvalue weighted by atomic mass is 10.0. The van der Waals surface area contributed by atoms with Crippen LogP contribution in [0.25, 0.3) is 11.0 Å². The number of likely N-dealkylation sites (N-methyl/N-ethyl adjacent to an activating group) is 1. The van der Waals surface area contributed by atoms with Gasteiger partial charge in [0, 0.05) is 24.5 Å². The SMILES string of the molecule is CC(C)CN(C)C(=O)Cc1coc2cc3c(cc12)CCC3. The molecular weight excluding hydrogens is 262 g/mol. The number of rotatable bonds is 4. The average Bonchev–Trinajstić information content (AvgIpc) is 3.02. The number of carbonyl (C=O) groups is 1. The van der Waals surface area contributed by atoms with E-state index in [1.165, 1.54) is 17.5 Å². The lowest BCUT2D eigenvalue weighted by Gasteiger charge is -2.19. The van der Waals surface area contributed by atoms with Gasteiger partial charge in [-0.25, -0.2) is 0 Å². The van der Waals surface area contributed by atoms with E-state index in [9.17, 15) is 4.79 Å². The van der Waals surface area contributed by atoms with Gasteiger partial charge >= 0.3 is 0 Å². The lowest BCUT2D eigenvalue weighted by molar-refractivity contribution is -0.129. The molecule has 0 N–H and O–H groups in total. The quantitative estimate of drug-likeness (QED) is 0.860. The number of hydrogen-bond acceptors (Lipinski definition) is 2. The number of benzene rings is 1. The second-order valence-corrected chi connectivity index (χ2v) is 6.58. The normalized spacial score (nSPS) is 13.9. The minimum absolute atomic E-state index is 0.159. The molecule has 0 spiro atoms. The zero-order valence-corrected chi connectivity index (χ0v) is 13.1. The Bertz CT molecular complexity index is 669. The highest BCUT2D eigenvalue weighted by molar-refractivity contribution is 5.88. The third-order valence-corrected chi connectivity index (χ3v) is 4.27. The van der Waals surface area contributed by atoms with Gasteiger partial charge in [0.1, 0.15) is 5.58 Å². The molecule has 0 bridgehead atoms. The van der Waals surface area contributed by atoms with Crippen LogP contribution in [-0.2, 0) is 24.1 Å². The maximum atomic E-state index is 12.3. The van der Waals surface area contributed by atoms with Gasteiger partial charge in [0.05, 0.1) is 12.7 Å². The summed E-state index contributed by atoms with van der Waals surface area (Å²) in [6, 6.07) is 4.38. The minimum Gasteiger partial charge on any atom is -0.464 e. The predicted octanol–water partition coefficient (Wildman–Crippen LogP) is 3.58. The smallest absolute Gasteiger partial charge is 0.226 e. The number of furan rings is 1. The van der Waals surface area contributed by atoms with Crippen LogP contribution in [0.1, 0.15) is 37.0 Å². The van der Waals surface area contributed by atoms with Crippen LogP contribution in [0.2, 0.25) is 0 Å². The second-order valence-electron chi connectivity index (χ2n) is 6.58. The van der Waals surface area contributed by atoms with Crippen molar-refractivity contribution in [2.24, 2.45) is 5.92 Å². The van der Waals surface area contributed by atoms with Crippen molar-refractivity contribution in [2.45, 2.75) is 39.5 Å². The van der Waals surface area contributed by atoms with Crippen LogP contribution in [0.4, 0.5) is 0 Å². The maximum absolute atomic E-state index is 12.3. The molecule has 0 radical (unpaired) electrons. The van der Waals surface area contributed by atoms with Gasteiger partial charge in [0.15, 0.2) is 0 Å². The zero-order valence-electron chi connectivity index (χ0n) is 13.1. The van der Waals surface area contributed by atoms with E-state index in [4.69, 9.17) is 4.42 Å². The molecule has 3 rings (SSSR count). The second kappa shape index (κ2) is 5.55. The van der Waals surface area contributed by atoms with Gasteiger partial charge in [-0.2, -0.15) is 0 Å². The number of nitrogens with zero attached hydrogens (tertiary/aromatic N) is 1. The van der Waals surface area contributed by atoms with Gasteiger partial charge in [-0.1, -0.05) is 13.8 Å². The van der Waals surface area contributed by atoms with Crippen LogP contribution in [-0.4, -0.2) is 24.4 Å². The molecule has 0 fully saturated rings. The Morgan fingerprint density at radius 1 is 1.29 bits per heavy atom. The van der Waals surface area contributed by atoms with Gasteiger partial charge in [0.25, 0.3) is 0 Å². The van der Waals surface area contributed by atoms with E-state index in [2.05, 4.69) is 26.0 Å². The Morgan fingerprint density at radius 3 is 2.71 bits per heavy atom. The van der Waals surface area contributed by atoms with Gasteiger partial charge in [-0.15, -0.1) is 0 Å². The van der Waals surface area contributed by atoms with Crippen LogP contribution in [0.5, 0.6) is 0 Å². The van der Waals surface area contributed by atoms with E-state index in [0.29, 0.717) is 12.3 Å². The molecule has 0 atom stereocenters. The Balaban J connectivity index is 1.83. The standard InChI is InChI=1S/C18H23NO2/c1-12(2)10-19(3)18(20)9-15-11-21-17-8-14-6-4-5-13(14)7-16(15)17/h7-8,11-12H,4-6,9-10H2,1-3H3. The van der Waals surface area contributed by atoms with Crippen molar-refractivity contribution in [3.63, 3.8) is 0 Å². The van der Waals surface area contributed by atoms with Crippen LogP contribution in [0, 0.1) is 5.92 Å². The lowest BCUT2D eigenvalue weighted by Crippen LogP contribution is -2.31. The molecular formula is C18H23NO2. The maximum Gasteiger partial charge on any atom is 0.226 e. The zero-order chi connectivity index (χ0) is 15.0. The van der Waals surface area contributed by atoms with Crippen molar-refractivity contribution in [3.8, 4) is 0 Å². The Kier molecular flexibility index (Phi) is 3.75. The van der Waals surface area contributed by atoms with E-state index in [0.717, 1.165) is 35.9 Å². The number of carbonyl (C=O) groups excluding carboxylic acids is 1. The molecule has 1 heterocycles. The fraction of sp³-hybridized carbons (Fsp3) is 0.500. The first kappa shape index (κ1) is 14.2. The summed E-state index contributed by atoms with van der Waals surface area (Å²) in [5, 5.41) is 1.11. The largest absolute Gasteiger partial charge is 0.464 e. The summed E-state index contributed by atoms with van der Waals surface area (Å²) in [6.07, 6.45) is 5.71. The summed E-state index contributed by atoms with van der Waals surface area (Å²) in [5.74, 6) is 0.648. The van der Waals surface area contributed by atoms with Crippen LogP contribution in [0.3, 0.4) is 0 Å². The molecule has 112 valence electrons. The molecule has 1 aromatic heterocycles. The van der Waals surface area contributed by atoms with Crippen molar-refractivity contribution >= 4 is 16.9 Å². The molecule has 3 nitrogen and oxygen atoms in total. The molecule has 1 aromatic carbocycles. The molecule has 1 aliphatic rings. The average molecular weight is 285 g/mol. The van der Waals surface area contributed by atoms with E-state index in [1.54, 1.807) is 6.26 Å². The Hall–Kier alpha value is -1.77. The number of hydrogen-bond donors (Lipinski definition) is 0. The Morgan fingerprint density at radius 2 is 2.00 bits per heavy atom. The van der Waals surface area contributed by atoms with E-state index in [1.807, 2.05) is 11.9 Å². The molecule has 0 saturated carbocycles. The fourth-order valence-electron chi connectivity index (χ4n) is 3.23. The highest BCUT2D eigenvalue weighted by Crippen LogP contribution is 2.30. The van der Waals surface area contributed by atoms with Crippen LogP contribution in [0.15, 0.2) is 22.8 Å². The van der Waals surface area contributed by atoms with E-state index < -0.39 is 0 Å². The fourth-order valence-corrected chi connectivity index (χ4v) is 3.23. The molecule has 1 aliphatic carbocycles. The third kappa shape index (κ3) is 2.82. The van der Waals surface area contributed by atoms with E-state index >= 15 is 0 Å². The van der Waals surface area contributed by atoms with Crippen molar-refractivity contribution in [2.75, 3.05) is 13.6 Å². The van der Waals surface area contributed by atoms with Crippen molar-refractivity contribution in [1.29, 1.82) is 0 Å². The number of aryl methyl sites for hydroxylation is 2. The molecule has 0 unspecified atom stereocenters. The van der Waals surface area contributed by atoms with E-state index in [-0.39, 0.29) is 5.91 Å². The first-order chi connectivity index (χ1) is 10.0. The van der Waals surface area contributed by atoms with Gasteiger partial charge in [-0.05, 0) is 48.4 Å². The first-order valence-electron chi connectivity index (χ1n) is 7.80. The highest BCUT2D eigenvalue weighted by Gasteiger charge is 2.18. The molecule has 0 saturated heterocycles. The topological polar surface area (TPSA) is 33.5 Å². The minimum atomic E-state index is 0.159. The summed E-state index contributed by atoms with van der Waals surface area (Å²) >= 11 is 0. The molecule has 3 heteroatoms. The summed E-state index contributed by atoms with van der Waals surface area (Å²) in [7, 11) is 1.88. The van der Waals surface area contributed by atoms with Crippen molar-refractivity contribution in [3.05, 3.63) is 35.1 Å². The summed E-state index contributed by atoms with van der Waals surface area (Å²) in [5.41, 5.74) is 4.77. The molecule has 1 amide bonds. The molecule has 2 aromatic rings.